The third kappa shape index (κ3) is 2.88. The van der Waals surface area contributed by atoms with Crippen LogP contribution in [0, 0.1) is 0 Å². The average molecular weight is 482 g/mol. The summed E-state index contributed by atoms with van der Waals surface area (Å²) in [4.78, 5) is 14.7. The molecule has 0 radical (unpaired) electrons. The fraction of sp³-hybridized carbons (Fsp3) is 0.0312. The Morgan fingerprint density at radius 1 is 0.611 bits per heavy atom. The van der Waals surface area contributed by atoms with Crippen molar-refractivity contribution in [2.45, 2.75) is 6.61 Å². The van der Waals surface area contributed by atoms with Crippen LogP contribution in [0.4, 0.5) is 17.1 Å². The molecule has 0 saturated carbocycles. The molecule has 5 aromatic carbocycles. The summed E-state index contributed by atoms with van der Waals surface area (Å²) in [7, 11) is -2.62. The van der Waals surface area contributed by atoms with E-state index in [2.05, 4.69) is 120 Å². The zero-order valence-electron chi connectivity index (χ0n) is 19.6. The molecule has 2 aliphatic rings. The number of nitrogens with zero attached hydrogens (tertiary/aromatic N) is 1. The van der Waals surface area contributed by atoms with Gasteiger partial charge in [0.25, 0.3) is 0 Å². The molecule has 0 N–H and O–H groups in total. The third-order valence-electron chi connectivity index (χ3n) is 7.44. The Balaban J connectivity index is 1.58. The number of esters is 1. The molecule has 4 heteroatoms. The van der Waals surface area contributed by atoms with Crippen LogP contribution in [0.1, 0.15) is 15.9 Å². The summed E-state index contributed by atoms with van der Waals surface area (Å²) in [5, 5.41) is 5.38. The average Bonchev–Trinajstić information content (AvgIpc) is 3.32. The number of fused-ring (bicyclic) bond motifs is 3. The van der Waals surface area contributed by atoms with Crippen LogP contribution in [-0.2, 0) is 11.3 Å². The standard InChI is InChI=1S/C32H23NO2Si/c34-32-27-21-24(20-19-23(27)22-35-32)33-28-15-7-9-17-30(28)36(25-11-3-1-4-12-25,26-13-5-2-6-14-26)31-18-10-8-16-29(31)33/h1-21H,22H2. The highest BCUT2D eigenvalue weighted by molar-refractivity contribution is 7.21. The second-order valence-electron chi connectivity index (χ2n) is 9.27. The van der Waals surface area contributed by atoms with Crippen molar-refractivity contribution in [2.24, 2.45) is 0 Å². The van der Waals surface area contributed by atoms with E-state index in [1.165, 1.54) is 20.7 Å². The summed E-state index contributed by atoms with van der Waals surface area (Å²) in [6, 6.07) is 45.6. The lowest BCUT2D eigenvalue weighted by Crippen LogP contribution is -2.77. The summed E-state index contributed by atoms with van der Waals surface area (Å²) in [6.07, 6.45) is 0. The lowest BCUT2D eigenvalue weighted by molar-refractivity contribution is 0.0535. The summed E-state index contributed by atoms with van der Waals surface area (Å²) in [5.74, 6) is -0.247. The molecule has 2 heterocycles. The monoisotopic (exact) mass is 481 g/mol. The van der Waals surface area contributed by atoms with Gasteiger partial charge in [-0.2, -0.15) is 0 Å². The van der Waals surface area contributed by atoms with E-state index in [9.17, 15) is 4.79 Å². The minimum atomic E-state index is -2.62. The van der Waals surface area contributed by atoms with E-state index < -0.39 is 8.07 Å². The van der Waals surface area contributed by atoms with Crippen LogP contribution in [0.2, 0.25) is 0 Å². The van der Waals surface area contributed by atoms with Crippen LogP contribution in [0.5, 0.6) is 0 Å². The highest BCUT2D eigenvalue weighted by atomic mass is 28.3. The summed E-state index contributed by atoms with van der Waals surface area (Å²) < 4.78 is 5.30. The van der Waals surface area contributed by atoms with Crippen molar-refractivity contribution in [3.05, 3.63) is 139 Å². The van der Waals surface area contributed by atoms with Gasteiger partial charge >= 0.3 is 5.97 Å². The molecule has 172 valence electrons. The van der Waals surface area contributed by atoms with Gasteiger partial charge in [-0.05, 0) is 45.0 Å². The van der Waals surface area contributed by atoms with Gasteiger partial charge < -0.3 is 9.64 Å². The molecule has 0 amide bonds. The molecule has 0 atom stereocenters. The lowest BCUT2D eigenvalue weighted by Gasteiger charge is -2.45. The van der Waals surface area contributed by atoms with Crippen molar-refractivity contribution in [2.75, 3.05) is 4.90 Å². The van der Waals surface area contributed by atoms with Gasteiger partial charge in [0.05, 0.1) is 5.56 Å². The Morgan fingerprint density at radius 3 is 1.72 bits per heavy atom. The highest BCUT2D eigenvalue weighted by Crippen LogP contribution is 2.39. The number of benzene rings is 5. The number of ether oxygens (including phenoxy) is 1. The smallest absolute Gasteiger partial charge is 0.338 e. The Bertz CT molecular complexity index is 1530. The first-order chi connectivity index (χ1) is 17.8. The second kappa shape index (κ2) is 8.07. The molecular weight excluding hydrogens is 458 g/mol. The highest BCUT2D eigenvalue weighted by Gasteiger charge is 2.48. The molecule has 2 aliphatic heterocycles. The van der Waals surface area contributed by atoms with Gasteiger partial charge in [0.15, 0.2) is 8.07 Å². The van der Waals surface area contributed by atoms with Crippen molar-refractivity contribution in [3.63, 3.8) is 0 Å². The number of para-hydroxylation sites is 2. The maximum absolute atomic E-state index is 12.4. The Labute approximate surface area is 211 Å². The summed E-state index contributed by atoms with van der Waals surface area (Å²) in [6.45, 7) is 0.347. The molecule has 0 spiro atoms. The Morgan fingerprint density at radius 2 is 1.14 bits per heavy atom. The van der Waals surface area contributed by atoms with Crippen LogP contribution >= 0.6 is 0 Å². The topological polar surface area (TPSA) is 29.5 Å². The molecule has 0 aromatic heterocycles. The predicted molar refractivity (Wildman–Crippen MR) is 147 cm³/mol. The summed E-state index contributed by atoms with van der Waals surface area (Å²) >= 11 is 0. The largest absolute Gasteiger partial charge is 0.457 e. The number of anilines is 3. The first kappa shape index (κ1) is 20.9. The molecule has 36 heavy (non-hydrogen) atoms. The quantitative estimate of drug-likeness (QED) is 0.275. The van der Waals surface area contributed by atoms with Crippen LogP contribution in [0.15, 0.2) is 127 Å². The molecule has 0 fully saturated rings. The van der Waals surface area contributed by atoms with Crippen molar-refractivity contribution in [1.29, 1.82) is 0 Å². The zero-order valence-corrected chi connectivity index (χ0v) is 20.6. The van der Waals surface area contributed by atoms with Crippen LogP contribution in [-0.4, -0.2) is 14.0 Å². The molecule has 0 unspecified atom stereocenters. The minimum Gasteiger partial charge on any atom is -0.457 e. The fourth-order valence-electron chi connectivity index (χ4n) is 5.93. The second-order valence-corrected chi connectivity index (χ2v) is 13.0. The minimum absolute atomic E-state index is 0.247. The van der Waals surface area contributed by atoms with Gasteiger partial charge in [0.1, 0.15) is 6.61 Å². The van der Waals surface area contributed by atoms with E-state index in [-0.39, 0.29) is 5.97 Å². The first-order valence-corrected chi connectivity index (χ1v) is 14.2. The molecule has 3 nitrogen and oxygen atoms in total. The van der Waals surface area contributed by atoms with Gasteiger partial charge in [0.2, 0.25) is 0 Å². The summed E-state index contributed by atoms with van der Waals surface area (Å²) in [5.41, 5.74) is 4.88. The molecule has 0 aliphatic carbocycles. The molecule has 7 rings (SSSR count). The molecule has 0 bridgehead atoms. The van der Waals surface area contributed by atoms with E-state index in [0.29, 0.717) is 12.2 Å². The van der Waals surface area contributed by atoms with Crippen molar-refractivity contribution in [3.8, 4) is 0 Å². The van der Waals surface area contributed by atoms with Gasteiger partial charge in [0, 0.05) is 22.6 Å². The number of hydrogen-bond donors (Lipinski definition) is 0. The molecule has 5 aromatic rings. The fourth-order valence-corrected chi connectivity index (χ4v) is 11.0. The maximum Gasteiger partial charge on any atom is 0.338 e. The van der Waals surface area contributed by atoms with E-state index >= 15 is 0 Å². The molecule has 0 saturated heterocycles. The van der Waals surface area contributed by atoms with E-state index in [1.807, 2.05) is 12.1 Å². The SMILES string of the molecule is O=C1OCc2ccc(N3c4ccccc4[Si](c4ccccc4)(c4ccccc4)c4ccccc43)cc21. The lowest BCUT2D eigenvalue weighted by atomic mass is 10.1. The van der Waals surface area contributed by atoms with E-state index in [0.717, 1.165) is 22.6 Å². The number of carbonyl (C=O) groups excluding carboxylic acids is 1. The van der Waals surface area contributed by atoms with Gasteiger partial charge in [-0.1, -0.05) is 103 Å². The van der Waals surface area contributed by atoms with Crippen LogP contribution < -0.4 is 25.6 Å². The van der Waals surface area contributed by atoms with Crippen molar-refractivity contribution >= 4 is 51.9 Å². The third-order valence-corrected chi connectivity index (χ3v) is 12.3. The Kier molecular flexibility index (Phi) is 4.69. The van der Waals surface area contributed by atoms with Crippen LogP contribution in [0.25, 0.3) is 0 Å². The van der Waals surface area contributed by atoms with Gasteiger partial charge in [-0.3, -0.25) is 0 Å². The number of rotatable bonds is 3. The number of hydrogen-bond acceptors (Lipinski definition) is 3. The Hall–Kier alpha value is -4.41. The number of carbonyl (C=O) groups is 1. The van der Waals surface area contributed by atoms with Crippen LogP contribution in [0.3, 0.4) is 0 Å². The van der Waals surface area contributed by atoms with E-state index in [4.69, 9.17) is 4.74 Å². The maximum atomic E-state index is 12.4. The normalized spacial score (nSPS) is 15.0. The van der Waals surface area contributed by atoms with Crippen molar-refractivity contribution < 1.29 is 9.53 Å². The zero-order chi connectivity index (χ0) is 24.1. The van der Waals surface area contributed by atoms with Crippen molar-refractivity contribution in [1.82, 2.24) is 0 Å². The molecular formula is C32H23NO2Si. The number of cyclic esters (lactones) is 1. The first-order valence-electron chi connectivity index (χ1n) is 12.2. The van der Waals surface area contributed by atoms with Gasteiger partial charge in [-0.15, -0.1) is 0 Å². The van der Waals surface area contributed by atoms with Gasteiger partial charge in [-0.25, -0.2) is 4.79 Å². The van der Waals surface area contributed by atoms with E-state index in [1.54, 1.807) is 0 Å². The predicted octanol–water partition coefficient (Wildman–Crippen LogP) is 4.52.